The normalized spacial score (nSPS) is 8.91. The van der Waals surface area contributed by atoms with Crippen molar-refractivity contribution < 1.29 is 19.8 Å². The van der Waals surface area contributed by atoms with Crippen LogP contribution in [0.5, 0.6) is 0 Å². The molecule has 0 bridgehead atoms. The summed E-state index contributed by atoms with van der Waals surface area (Å²) in [6, 6.07) is -0.725. The predicted molar refractivity (Wildman–Crippen MR) is 35.5 cm³/mol. The van der Waals surface area contributed by atoms with Gasteiger partial charge in [-0.1, -0.05) is 0 Å². The van der Waals surface area contributed by atoms with E-state index in [0.29, 0.717) is 0 Å². The Hall–Kier alpha value is -1.14. The molecule has 0 radical (unpaired) electrons. The number of amides is 3. The number of carbonyl (C=O) groups is 2. The first-order valence-electron chi connectivity index (χ1n) is 2.97. The van der Waals surface area contributed by atoms with Gasteiger partial charge in [0.1, 0.15) is 6.73 Å². The molecule has 0 aromatic heterocycles. The quantitative estimate of drug-likeness (QED) is 0.332. The van der Waals surface area contributed by atoms with Crippen LogP contribution in [0.1, 0.15) is 0 Å². The number of hydrogen-bond acceptors (Lipinski definition) is 4. The third-order valence-corrected chi connectivity index (χ3v) is 0.959. The molecule has 3 N–H and O–H groups in total. The van der Waals surface area contributed by atoms with Crippen molar-refractivity contribution in [3.8, 4) is 0 Å². The summed E-state index contributed by atoms with van der Waals surface area (Å²) in [5, 5.41) is 18.5. The summed E-state index contributed by atoms with van der Waals surface area (Å²) in [5.41, 5.74) is 0. The van der Waals surface area contributed by atoms with E-state index in [-0.39, 0.29) is 19.6 Å². The average Bonchev–Trinajstić information content (AvgIpc) is 2.00. The van der Waals surface area contributed by atoms with Gasteiger partial charge in [0.15, 0.2) is 0 Å². The molecule has 64 valence electrons. The predicted octanol–water partition coefficient (Wildman–Crippen LogP) is -1.90. The lowest BCUT2D eigenvalue weighted by molar-refractivity contribution is -0.116. The zero-order valence-electron chi connectivity index (χ0n) is 5.86. The van der Waals surface area contributed by atoms with E-state index in [4.69, 9.17) is 10.2 Å². The number of nitrogens with zero attached hydrogens (tertiary/aromatic N) is 1. The van der Waals surface area contributed by atoms with Crippen LogP contribution in [0, 0.1) is 0 Å². The Kier molecular flexibility index (Phi) is 5.05. The van der Waals surface area contributed by atoms with E-state index in [1.54, 1.807) is 0 Å². The Balaban J connectivity index is 3.81. The van der Waals surface area contributed by atoms with Gasteiger partial charge in [0.05, 0.1) is 13.2 Å². The molecular formula is C5H10N2O4. The van der Waals surface area contributed by atoms with Crippen LogP contribution >= 0.6 is 0 Å². The largest absolute Gasteiger partial charge is 0.395 e. The van der Waals surface area contributed by atoms with Gasteiger partial charge >= 0.3 is 6.03 Å². The van der Waals surface area contributed by atoms with Crippen LogP contribution in [0.25, 0.3) is 0 Å². The van der Waals surface area contributed by atoms with E-state index < -0.39 is 12.8 Å². The fourth-order valence-electron chi connectivity index (χ4n) is 0.479. The van der Waals surface area contributed by atoms with Gasteiger partial charge in [-0.3, -0.25) is 9.69 Å². The number of rotatable bonds is 4. The summed E-state index contributed by atoms with van der Waals surface area (Å²) in [6.45, 7) is -0.901. The maximum atomic E-state index is 10.7. The first-order valence-corrected chi connectivity index (χ1v) is 2.97. The van der Waals surface area contributed by atoms with Crippen LogP contribution in [-0.4, -0.2) is 47.4 Å². The Labute approximate surface area is 63.4 Å². The number of nitrogens with one attached hydrogen (secondary N) is 1. The van der Waals surface area contributed by atoms with Crippen molar-refractivity contribution in [1.29, 1.82) is 0 Å². The Morgan fingerprint density at radius 2 is 2.18 bits per heavy atom. The van der Waals surface area contributed by atoms with Crippen molar-refractivity contribution in [2.75, 3.05) is 19.9 Å². The molecule has 0 aliphatic carbocycles. The lowest BCUT2D eigenvalue weighted by Gasteiger charge is -2.12. The van der Waals surface area contributed by atoms with Crippen molar-refractivity contribution in [3.05, 3.63) is 0 Å². The third-order valence-electron chi connectivity index (χ3n) is 0.959. The summed E-state index contributed by atoms with van der Waals surface area (Å²) < 4.78 is 0. The number of urea groups is 1. The summed E-state index contributed by atoms with van der Waals surface area (Å²) in [5.74, 6) is 0. The smallest absolute Gasteiger partial charge is 0.325 e. The standard InChI is InChI=1S/C5H10N2O4/c8-2-1-7(4-10)5(11)6-3-9/h4,8-9H,1-3H2,(H,6,11). The van der Waals surface area contributed by atoms with Gasteiger partial charge in [0, 0.05) is 0 Å². The highest BCUT2D eigenvalue weighted by atomic mass is 16.3. The van der Waals surface area contributed by atoms with Crippen molar-refractivity contribution in [3.63, 3.8) is 0 Å². The molecule has 0 fully saturated rings. The van der Waals surface area contributed by atoms with Gasteiger partial charge in [-0.15, -0.1) is 0 Å². The molecule has 0 saturated carbocycles. The zero-order chi connectivity index (χ0) is 8.69. The highest BCUT2D eigenvalue weighted by Gasteiger charge is 2.09. The van der Waals surface area contributed by atoms with Gasteiger partial charge in [-0.2, -0.15) is 0 Å². The van der Waals surface area contributed by atoms with Gasteiger partial charge in [-0.05, 0) is 0 Å². The summed E-state index contributed by atoms with van der Waals surface area (Å²) >= 11 is 0. The van der Waals surface area contributed by atoms with Gasteiger partial charge < -0.3 is 15.5 Å². The molecule has 3 amide bonds. The molecule has 0 unspecified atom stereocenters. The summed E-state index contributed by atoms with van der Waals surface area (Å²) in [7, 11) is 0. The molecule has 0 heterocycles. The second-order valence-corrected chi connectivity index (χ2v) is 1.66. The molecular weight excluding hydrogens is 152 g/mol. The second-order valence-electron chi connectivity index (χ2n) is 1.66. The Morgan fingerprint density at radius 1 is 1.55 bits per heavy atom. The van der Waals surface area contributed by atoms with Gasteiger partial charge in [0.2, 0.25) is 6.41 Å². The minimum Gasteiger partial charge on any atom is -0.395 e. The van der Waals surface area contributed by atoms with E-state index in [1.165, 1.54) is 0 Å². The molecule has 0 spiro atoms. The van der Waals surface area contributed by atoms with Crippen molar-refractivity contribution in [1.82, 2.24) is 10.2 Å². The Bertz CT molecular complexity index is 138. The molecule has 0 rings (SSSR count). The molecule has 0 atom stereocenters. The van der Waals surface area contributed by atoms with E-state index >= 15 is 0 Å². The lowest BCUT2D eigenvalue weighted by atomic mass is 10.6. The minimum atomic E-state index is -0.725. The summed E-state index contributed by atoms with van der Waals surface area (Å²) in [4.78, 5) is 21.5. The van der Waals surface area contributed by atoms with Crippen LogP contribution in [-0.2, 0) is 4.79 Å². The third kappa shape index (κ3) is 3.54. The lowest BCUT2D eigenvalue weighted by Crippen LogP contribution is -2.40. The summed E-state index contributed by atoms with van der Waals surface area (Å²) in [6.07, 6.45) is 0.279. The molecule has 6 nitrogen and oxygen atoms in total. The number of hydrogen-bond donors (Lipinski definition) is 3. The van der Waals surface area contributed by atoms with E-state index in [2.05, 4.69) is 0 Å². The van der Waals surface area contributed by atoms with Crippen molar-refractivity contribution in [2.24, 2.45) is 0 Å². The van der Waals surface area contributed by atoms with Gasteiger partial charge in [0.25, 0.3) is 0 Å². The Morgan fingerprint density at radius 3 is 2.55 bits per heavy atom. The topological polar surface area (TPSA) is 89.9 Å². The first-order chi connectivity index (χ1) is 5.26. The maximum Gasteiger partial charge on any atom is 0.325 e. The second kappa shape index (κ2) is 5.63. The van der Waals surface area contributed by atoms with E-state index in [9.17, 15) is 9.59 Å². The average molecular weight is 162 g/mol. The molecule has 6 heteroatoms. The van der Waals surface area contributed by atoms with Crippen LogP contribution in [0.4, 0.5) is 4.79 Å². The number of aliphatic hydroxyl groups excluding tert-OH is 2. The molecule has 0 aliphatic rings. The van der Waals surface area contributed by atoms with Gasteiger partial charge in [-0.25, -0.2) is 4.79 Å². The van der Waals surface area contributed by atoms with Crippen molar-refractivity contribution in [2.45, 2.75) is 0 Å². The highest BCUT2D eigenvalue weighted by Crippen LogP contribution is 1.82. The number of aliphatic hydroxyl groups is 2. The van der Waals surface area contributed by atoms with Crippen molar-refractivity contribution >= 4 is 12.4 Å². The van der Waals surface area contributed by atoms with Crippen LogP contribution < -0.4 is 5.32 Å². The zero-order valence-corrected chi connectivity index (χ0v) is 5.86. The fraction of sp³-hybridized carbons (Fsp3) is 0.600. The van der Waals surface area contributed by atoms with E-state index in [1.807, 2.05) is 5.32 Å². The van der Waals surface area contributed by atoms with Crippen LogP contribution in [0.15, 0.2) is 0 Å². The fourth-order valence-corrected chi connectivity index (χ4v) is 0.479. The van der Waals surface area contributed by atoms with Crippen LogP contribution in [0.2, 0.25) is 0 Å². The maximum absolute atomic E-state index is 10.7. The first kappa shape index (κ1) is 9.86. The van der Waals surface area contributed by atoms with E-state index in [0.717, 1.165) is 4.90 Å². The SMILES string of the molecule is O=CN(CCO)C(=O)NCO. The van der Waals surface area contributed by atoms with Crippen LogP contribution in [0.3, 0.4) is 0 Å². The molecule has 0 saturated heterocycles. The molecule has 0 aromatic rings. The highest BCUT2D eigenvalue weighted by molar-refractivity contribution is 5.84. The number of carbonyl (C=O) groups excluding carboxylic acids is 2. The number of imide groups is 1. The molecule has 0 aromatic carbocycles. The minimum absolute atomic E-state index is 0.0741. The monoisotopic (exact) mass is 162 g/mol. The molecule has 0 aliphatic heterocycles. The molecule has 11 heavy (non-hydrogen) atoms.